The molecule has 0 bridgehead atoms. The first-order valence-electron chi connectivity index (χ1n) is 7.06. The van der Waals surface area contributed by atoms with Crippen molar-refractivity contribution < 1.29 is 14.7 Å². The summed E-state index contributed by atoms with van der Waals surface area (Å²) in [6, 6.07) is 7.56. The van der Waals surface area contributed by atoms with E-state index in [1.165, 1.54) is 30.5 Å². The van der Waals surface area contributed by atoms with Crippen LogP contribution in [0.15, 0.2) is 36.0 Å². The Morgan fingerprint density at radius 1 is 1.27 bits per heavy atom. The molecule has 0 fully saturated rings. The van der Waals surface area contributed by atoms with Gasteiger partial charge >= 0.3 is 5.97 Å². The van der Waals surface area contributed by atoms with Crippen LogP contribution in [-0.4, -0.2) is 23.5 Å². The lowest BCUT2D eigenvalue weighted by Crippen LogP contribution is -2.17. The van der Waals surface area contributed by atoms with Crippen LogP contribution < -0.4 is 10.6 Å². The number of carbonyl (C=O) groups excluding carboxylic acids is 1. The summed E-state index contributed by atoms with van der Waals surface area (Å²) in [6.45, 7) is 2.80. The molecule has 6 nitrogen and oxygen atoms in total. The predicted molar refractivity (Wildman–Crippen MR) is 83.3 cm³/mol. The molecule has 0 aliphatic heterocycles. The molecule has 0 aliphatic rings. The number of unbranched alkanes of at least 4 members (excludes halogenated alkanes) is 2. The number of rotatable bonds is 8. The van der Waals surface area contributed by atoms with Crippen LogP contribution in [0, 0.1) is 11.3 Å². The third kappa shape index (κ3) is 5.67. The van der Waals surface area contributed by atoms with E-state index < -0.39 is 11.9 Å². The molecule has 0 heterocycles. The van der Waals surface area contributed by atoms with Crippen molar-refractivity contribution in [2.24, 2.45) is 0 Å². The summed E-state index contributed by atoms with van der Waals surface area (Å²) in [5, 5.41) is 23.3. The number of carboxylic acids is 1. The number of hydrogen-bond acceptors (Lipinski definition) is 4. The summed E-state index contributed by atoms with van der Waals surface area (Å²) in [6.07, 6.45) is 4.56. The Labute approximate surface area is 129 Å². The van der Waals surface area contributed by atoms with E-state index in [-0.39, 0.29) is 11.1 Å². The highest BCUT2D eigenvalue weighted by atomic mass is 16.4. The van der Waals surface area contributed by atoms with Gasteiger partial charge in [0, 0.05) is 18.4 Å². The molecule has 0 saturated carbocycles. The van der Waals surface area contributed by atoms with Crippen LogP contribution in [-0.2, 0) is 4.79 Å². The summed E-state index contributed by atoms with van der Waals surface area (Å²) in [5.74, 6) is -1.57. The SMILES string of the molecule is CCCCCN/C=C(/C#N)C(=O)Nc1ccc(C(=O)O)cc1. The van der Waals surface area contributed by atoms with Gasteiger partial charge in [0.1, 0.15) is 11.6 Å². The molecule has 22 heavy (non-hydrogen) atoms. The van der Waals surface area contributed by atoms with E-state index in [2.05, 4.69) is 17.6 Å². The lowest BCUT2D eigenvalue weighted by molar-refractivity contribution is -0.112. The quantitative estimate of drug-likeness (QED) is 0.389. The summed E-state index contributed by atoms with van der Waals surface area (Å²) in [7, 11) is 0. The van der Waals surface area contributed by atoms with E-state index in [1.54, 1.807) is 0 Å². The maximum atomic E-state index is 11.9. The molecular weight excluding hydrogens is 282 g/mol. The molecule has 6 heteroatoms. The van der Waals surface area contributed by atoms with E-state index in [0.29, 0.717) is 12.2 Å². The molecule has 1 amide bonds. The number of nitrogens with zero attached hydrogens (tertiary/aromatic N) is 1. The molecule has 0 aliphatic carbocycles. The number of carboxylic acid groups (broad SMARTS) is 1. The lowest BCUT2D eigenvalue weighted by Gasteiger charge is -2.05. The third-order valence-electron chi connectivity index (χ3n) is 2.93. The summed E-state index contributed by atoms with van der Waals surface area (Å²) in [5.41, 5.74) is 0.535. The van der Waals surface area contributed by atoms with Gasteiger partial charge in [0.15, 0.2) is 0 Å². The molecule has 0 aromatic heterocycles. The second kappa shape index (κ2) is 9.19. The number of aromatic carboxylic acids is 1. The highest BCUT2D eigenvalue weighted by Crippen LogP contribution is 2.10. The van der Waals surface area contributed by atoms with Crippen molar-refractivity contribution >= 4 is 17.6 Å². The van der Waals surface area contributed by atoms with Crippen molar-refractivity contribution in [3.8, 4) is 6.07 Å². The minimum Gasteiger partial charge on any atom is -0.478 e. The maximum Gasteiger partial charge on any atom is 0.335 e. The van der Waals surface area contributed by atoms with Crippen molar-refractivity contribution in [1.82, 2.24) is 5.32 Å². The Hall–Kier alpha value is -2.81. The molecule has 0 unspecified atom stereocenters. The van der Waals surface area contributed by atoms with Crippen molar-refractivity contribution in [3.63, 3.8) is 0 Å². The molecule has 1 rings (SSSR count). The van der Waals surface area contributed by atoms with Gasteiger partial charge in [-0.25, -0.2) is 4.79 Å². The smallest absolute Gasteiger partial charge is 0.335 e. The first-order valence-corrected chi connectivity index (χ1v) is 7.06. The van der Waals surface area contributed by atoms with Gasteiger partial charge in [0.25, 0.3) is 5.91 Å². The topological polar surface area (TPSA) is 102 Å². The van der Waals surface area contributed by atoms with Crippen LogP contribution in [0.2, 0.25) is 0 Å². The van der Waals surface area contributed by atoms with E-state index in [9.17, 15) is 9.59 Å². The molecule has 0 spiro atoms. The average molecular weight is 301 g/mol. The average Bonchev–Trinajstić information content (AvgIpc) is 2.51. The highest BCUT2D eigenvalue weighted by Gasteiger charge is 2.09. The van der Waals surface area contributed by atoms with Crippen molar-refractivity contribution in [1.29, 1.82) is 5.26 Å². The first kappa shape index (κ1) is 17.2. The molecule has 3 N–H and O–H groups in total. The minimum atomic E-state index is -1.04. The highest BCUT2D eigenvalue weighted by molar-refractivity contribution is 6.06. The normalized spacial score (nSPS) is 10.6. The van der Waals surface area contributed by atoms with E-state index in [4.69, 9.17) is 10.4 Å². The van der Waals surface area contributed by atoms with Gasteiger partial charge in [-0.05, 0) is 30.7 Å². The Bertz CT molecular complexity index is 586. The van der Waals surface area contributed by atoms with Crippen LogP contribution in [0.5, 0.6) is 0 Å². The number of amides is 1. The molecule has 1 aromatic rings. The van der Waals surface area contributed by atoms with Gasteiger partial charge in [-0.2, -0.15) is 5.26 Å². The van der Waals surface area contributed by atoms with Gasteiger partial charge in [-0.1, -0.05) is 19.8 Å². The van der Waals surface area contributed by atoms with Crippen LogP contribution >= 0.6 is 0 Å². The van der Waals surface area contributed by atoms with Crippen molar-refractivity contribution in [2.45, 2.75) is 26.2 Å². The van der Waals surface area contributed by atoms with Gasteiger partial charge in [-0.3, -0.25) is 4.79 Å². The number of nitrogens with one attached hydrogen (secondary N) is 2. The zero-order valence-electron chi connectivity index (χ0n) is 12.4. The van der Waals surface area contributed by atoms with Gasteiger partial charge in [-0.15, -0.1) is 0 Å². The summed E-state index contributed by atoms with van der Waals surface area (Å²) < 4.78 is 0. The monoisotopic (exact) mass is 301 g/mol. The number of nitriles is 1. The fourth-order valence-corrected chi connectivity index (χ4v) is 1.69. The third-order valence-corrected chi connectivity index (χ3v) is 2.93. The minimum absolute atomic E-state index is 0.0289. The molecule has 0 saturated heterocycles. The molecule has 116 valence electrons. The van der Waals surface area contributed by atoms with Crippen LogP contribution in [0.3, 0.4) is 0 Å². The van der Waals surface area contributed by atoms with Crippen LogP contribution in [0.25, 0.3) is 0 Å². The fraction of sp³-hybridized carbons (Fsp3) is 0.312. The number of carbonyl (C=O) groups is 2. The summed E-state index contributed by atoms with van der Waals surface area (Å²) >= 11 is 0. The Morgan fingerprint density at radius 2 is 1.95 bits per heavy atom. The lowest BCUT2D eigenvalue weighted by atomic mass is 10.2. The van der Waals surface area contributed by atoms with Gasteiger partial charge < -0.3 is 15.7 Å². The van der Waals surface area contributed by atoms with Gasteiger partial charge in [0.2, 0.25) is 0 Å². The Morgan fingerprint density at radius 3 is 2.50 bits per heavy atom. The van der Waals surface area contributed by atoms with E-state index in [0.717, 1.165) is 19.3 Å². The molecule has 0 atom stereocenters. The predicted octanol–water partition coefficient (Wildman–Crippen LogP) is 2.51. The standard InChI is InChI=1S/C16H19N3O3/c1-2-3-4-9-18-11-13(10-17)15(20)19-14-7-5-12(6-8-14)16(21)22/h5-8,11,18H,2-4,9H2,1H3,(H,19,20)(H,21,22)/b13-11-. The first-order chi connectivity index (χ1) is 10.6. The number of hydrogen-bond donors (Lipinski definition) is 3. The second-order valence-electron chi connectivity index (χ2n) is 4.67. The summed E-state index contributed by atoms with van der Waals surface area (Å²) in [4.78, 5) is 22.7. The zero-order valence-corrected chi connectivity index (χ0v) is 12.4. The van der Waals surface area contributed by atoms with E-state index >= 15 is 0 Å². The number of anilines is 1. The fourth-order valence-electron chi connectivity index (χ4n) is 1.69. The number of benzene rings is 1. The van der Waals surface area contributed by atoms with Crippen LogP contribution in [0.4, 0.5) is 5.69 Å². The largest absolute Gasteiger partial charge is 0.478 e. The molecule has 0 radical (unpaired) electrons. The van der Waals surface area contributed by atoms with E-state index in [1.807, 2.05) is 6.07 Å². The van der Waals surface area contributed by atoms with Crippen molar-refractivity contribution in [3.05, 3.63) is 41.6 Å². The molecular formula is C16H19N3O3. The van der Waals surface area contributed by atoms with Crippen LogP contribution in [0.1, 0.15) is 36.5 Å². The Balaban J connectivity index is 2.59. The zero-order chi connectivity index (χ0) is 16.4. The second-order valence-corrected chi connectivity index (χ2v) is 4.67. The Kier molecular flexibility index (Phi) is 7.20. The van der Waals surface area contributed by atoms with Gasteiger partial charge in [0.05, 0.1) is 5.56 Å². The van der Waals surface area contributed by atoms with Crippen molar-refractivity contribution in [2.75, 3.05) is 11.9 Å². The molecule has 1 aromatic carbocycles. The maximum absolute atomic E-state index is 11.9.